The maximum absolute atomic E-state index is 12.9. The van der Waals surface area contributed by atoms with Gasteiger partial charge in [0.1, 0.15) is 29.7 Å². The number of ether oxygens (including phenoxy) is 1. The van der Waals surface area contributed by atoms with E-state index in [0.717, 1.165) is 12.1 Å². The molecule has 1 aromatic carbocycles. The number of hydrogen-bond donors (Lipinski definition) is 1. The van der Waals surface area contributed by atoms with Gasteiger partial charge in [-0.05, 0) is 12.1 Å². The second-order valence-electron chi connectivity index (χ2n) is 3.67. The lowest BCUT2D eigenvalue weighted by Gasteiger charge is -2.19. The second-order valence-corrected chi connectivity index (χ2v) is 3.67. The molecular weight excluding hydrogens is 304 g/mol. The molecule has 0 aliphatic rings. The predicted molar refractivity (Wildman–Crippen MR) is 65.5 cm³/mol. The summed E-state index contributed by atoms with van der Waals surface area (Å²) in [7, 11) is 0. The Kier molecular flexibility index (Phi) is 5.32. The summed E-state index contributed by atoms with van der Waals surface area (Å²) in [5.74, 6) is -0.671. The molecule has 0 bridgehead atoms. The van der Waals surface area contributed by atoms with Crippen LogP contribution in [0.15, 0.2) is 35.5 Å². The number of allylic oxidation sites excluding steroid dienone is 2. The number of halogens is 4. The van der Waals surface area contributed by atoms with Gasteiger partial charge >= 0.3 is 12.5 Å². The fraction of sp³-hybridized carbons (Fsp3) is 0.154. The van der Waals surface area contributed by atoms with Crippen molar-refractivity contribution in [1.82, 2.24) is 0 Å². The first-order valence-corrected chi connectivity index (χ1v) is 5.51. The first-order valence-electron chi connectivity index (χ1n) is 5.51. The Morgan fingerprint density at radius 2 is 1.68 bits per heavy atom. The molecule has 0 fully saturated rings. The van der Waals surface area contributed by atoms with E-state index < -0.39 is 29.6 Å². The van der Waals surface area contributed by atoms with Gasteiger partial charge in [-0.2, -0.15) is 33.3 Å². The van der Waals surface area contributed by atoms with Crippen LogP contribution in [0, 0.1) is 34.0 Å². The van der Waals surface area contributed by atoms with Crippen LogP contribution in [0.5, 0.6) is 5.75 Å². The van der Waals surface area contributed by atoms with Crippen molar-refractivity contribution >= 4 is 5.69 Å². The molecular formula is C13H6F4N4O. The first-order chi connectivity index (χ1) is 10.4. The van der Waals surface area contributed by atoms with Crippen LogP contribution in [0.4, 0.5) is 23.2 Å². The highest BCUT2D eigenvalue weighted by Gasteiger charge is 2.44. The molecule has 5 nitrogen and oxygen atoms in total. The van der Waals surface area contributed by atoms with E-state index in [4.69, 9.17) is 15.8 Å². The molecule has 1 N–H and O–H groups in total. The zero-order valence-electron chi connectivity index (χ0n) is 10.6. The molecule has 0 saturated carbocycles. The van der Waals surface area contributed by atoms with E-state index in [-0.39, 0.29) is 5.69 Å². The van der Waals surface area contributed by atoms with Gasteiger partial charge in [0.05, 0.1) is 5.69 Å². The summed E-state index contributed by atoms with van der Waals surface area (Å²) >= 11 is 0. The van der Waals surface area contributed by atoms with E-state index in [9.17, 15) is 17.6 Å². The van der Waals surface area contributed by atoms with Gasteiger partial charge in [0.2, 0.25) is 0 Å². The maximum atomic E-state index is 12.9. The minimum absolute atomic E-state index is 0.276. The van der Waals surface area contributed by atoms with Crippen molar-refractivity contribution in [3.05, 3.63) is 35.5 Å². The van der Waals surface area contributed by atoms with E-state index in [1.165, 1.54) is 30.3 Å². The van der Waals surface area contributed by atoms with E-state index in [1.807, 2.05) is 0 Å². The van der Waals surface area contributed by atoms with Crippen LogP contribution in [0.1, 0.15) is 0 Å². The fourth-order valence-corrected chi connectivity index (χ4v) is 1.27. The molecule has 0 amide bonds. The third kappa shape index (κ3) is 3.87. The van der Waals surface area contributed by atoms with Crippen molar-refractivity contribution in [3.63, 3.8) is 0 Å². The summed E-state index contributed by atoms with van der Waals surface area (Å²) in [6.45, 7) is 0. The van der Waals surface area contributed by atoms with Gasteiger partial charge in [0.25, 0.3) is 0 Å². The van der Waals surface area contributed by atoms with Gasteiger partial charge in [-0.15, -0.1) is 0 Å². The molecule has 0 unspecified atom stereocenters. The Hall–Kier alpha value is -3.25. The zero-order valence-corrected chi connectivity index (χ0v) is 10.6. The van der Waals surface area contributed by atoms with Gasteiger partial charge in [-0.1, -0.05) is 12.1 Å². The molecule has 0 aromatic heterocycles. The Labute approximate surface area is 122 Å². The molecule has 0 atom stereocenters. The van der Waals surface area contributed by atoms with Crippen LogP contribution >= 0.6 is 0 Å². The molecule has 0 spiro atoms. The summed E-state index contributed by atoms with van der Waals surface area (Å²) in [6.07, 6.45) is -8.79. The number of nitrogens with zero attached hydrogens (tertiary/aromatic N) is 3. The summed E-state index contributed by atoms with van der Waals surface area (Å²) < 4.78 is 54.1. The number of hydrogen-bond acceptors (Lipinski definition) is 5. The van der Waals surface area contributed by atoms with Crippen molar-refractivity contribution in [2.75, 3.05) is 5.32 Å². The van der Waals surface area contributed by atoms with Crippen LogP contribution in [0.3, 0.4) is 0 Å². The highest BCUT2D eigenvalue weighted by Crippen LogP contribution is 2.33. The SMILES string of the molecule is N#CC(C#N)=C(C#N)Nc1ccccc1OC(F)(F)C(F)F. The molecule has 22 heavy (non-hydrogen) atoms. The van der Waals surface area contributed by atoms with E-state index in [2.05, 4.69) is 10.1 Å². The Morgan fingerprint density at radius 1 is 1.09 bits per heavy atom. The summed E-state index contributed by atoms with van der Waals surface area (Å²) in [6, 6.07) is 9.08. The van der Waals surface area contributed by atoms with Crippen LogP contribution in [0.25, 0.3) is 0 Å². The van der Waals surface area contributed by atoms with Crippen molar-refractivity contribution in [1.29, 1.82) is 15.8 Å². The predicted octanol–water partition coefficient (Wildman–Crippen LogP) is 3.16. The molecule has 0 saturated heterocycles. The van der Waals surface area contributed by atoms with Gasteiger partial charge in [-0.3, -0.25) is 0 Å². The Balaban J connectivity index is 3.20. The molecule has 1 rings (SSSR count). The van der Waals surface area contributed by atoms with Gasteiger partial charge in [0.15, 0.2) is 5.57 Å². The third-order valence-electron chi connectivity index (χ3n) is 2.23. The molecule has 112 valence electrons. The largest absolute Gasteiger partial charge is 0.461 e. The molecule has 0 heterocycles. The number of rotatable bonds is 5. The average molecular weight is 310 g/mol. The van der Waals surface area contributed by atoms with Crippen molar-refractivity contribution in [2.24, 2.45) is 0 Å². The van der Waals surface area contributed by atoms with Crippen LogP contribution in [-0.2, 0) is 0 Å². The molecule has 1 aromatic rings. The Bertz CT molecular complexity index is 694. The van der Waals surface area contributed by atoms with Crippen molar-refractivity contribution in [3.8, 4) is 24.0 Å². The summed E-state index contributed by atoms with van der Waals surface area (Å²) in [4.78, 5) is 0. The minimum atomic E-state index is -4.73. The fourth-order valence-electron chi connectivity index (χ4n) is 1.27. The second kappa shape index (κ2) is 6.96. The molecule has 0 aliphatic heterocycles. The highest BCUT2D eigenvalue weighted by molar-refractivity contribution is 5.64. The van der Waals surface area contributed by atoms with Gasteiger partial charge in [0, 0.05) is 0 Å². The lowest BCUT2D eigenvalue weighted by Crippen LogP contribution is -2.33. The van der Waals surface area contributed by atoms with Crippen molar-refractivity contribution < 1.29 is 22.3 Å². The summed E-state index contributed by atoms with van der Waals surface area (Å²) in [5.41, 5.74) is -1.40. The van der Waals surface area contributed by atoms with Crippen molar-refractivity contribution in [2.45, 2.75) is 12.5 Å². The smallest absolute Gasteiger partial charge is 0.426 e. The maximum Gasteiger partial charge on any atom is 0.461 e. The number of benzene rings is 1. The zero-order chi connectivity index (χ0) is 16.8. The molecule has 0 aliphatic carbocycles. The number of nitrogens with one attached hydrogen (secondary N) is 1. The van der Waals surface area contributed by atoms with E-state index >= 15 is 0 Å². The van der Waals surface area contributed by atoms with E-state index in [1.54, 1.807) is 0 Å². The third-order valence-corrected chi connectivity index (χ3v) is 2.23. The quantitative estimate of drug-likeness (QED) is 0.666. The number of para-hydroxylation sites is 2. The number of alkyl halides is 4. The molecule has 9 heteroatoms. The first kappa shape index (κ1) is 16.8. The number of anilines is 1. The lowest BCUT2D eigenvalue weighted by atomic mass is 10.2. The normalized spacial score (nSPS) is 10.1. The lowest BCUT2D eigenvalue weighted by molar-refractivity contribution is -0.252. The van der Waals surface area contributed by atoms with E-state index in [0.29, 0.717) is 0 Å². The highest BCUT2D eigenvalue weighted by atomic mass is 19.3. The van der Waals surface area contributed by atoms with Gasteiger partial charge < -0.3 is 10.1 Å². The Morgan fingerprint density at radius 3 is 2.18 bits per heavy atom. The van der Waals surface area contributed by atoms with Crippen LogP contribution in [0.2, 0.25) is 0 Å². The molecule has 0 radical (unpaired) electrons. The minimum Gasteiger partial charge on any atom is -0.426 e. The standard InChI is InChI=1S/C13H6F4N4O/c14-12(15)13(16,17)22-11-4-2-1-3-9(11)21-10(7-20)8(5-18)6-19/h1-4,12,21H. The van der Waals surface area contributed by atoms with Gasteiger partial charge in [-0.25, -0.2) is 0 Å². The number of nitriles is 3. The monoisotopic (exact) mass is 310 g/mol. The van der Waals surface area contributed by atoms with Crippen LogP contribution in [-0.4, -0.2) is 12.5 Å². The van der Waals surface area contributed by atoms with Crippen LogP contribution < -0.4 is 10.1 Å². The topological polar surface area (TPSA) is 92.6 Å². The average Bonchev–Trinajstić information content (AvgIpc) is 2.48. The summed E-state index contributed by atoms with van der Waals surface area (Å²) in [5, 5.41) is 28.4.